The molecule has 14 heavy (non-hydrogen) atoms. The van der Waals surface area contributed by atoms with Gasteiger partial charge in [-0.25, -0.2) is 9.59 Å². The Morgan fingerprint density at radius 1 is 0.929 bits per heavy atom. The topological polar surface area (TPSA) is 113 Å². The average molecular weight is 208 g/mol. The molecule has 0 bridgehead atoms. The highest BCUT2D eigenvalue weighted by Gasteiger charge is 2.28. The number of ether oxygens (including phenoxy) is 2. The van der Waals surface area contributed by atoms with Gasteiger partial charge in [0.25, 0.3) is 0 Å². The van der Waals surface area contributed by atoms with Crippen LogP contribution >= 0.6 is 0 Å². The maximum Gasteiger partial charge on any atom is 0.349 e. The minimum absolute atomic E-state index is 1.13. The molecule has 0 aromatic rings. The van der Waals surface area contributed by atoms with Crippen molar-refractivity contribution in [2.24, 2.45) is 0 Å². The lowest BCUT2D eigenvalue weighted by Gasteiger charge is -2.12. The fraction of sp³-hybridized carbons (Fsp3) is 0.714. The Balaban J connectivity index is 4.11. The summed E-state index contributed by atoms with van der Waals surface area (Å²) in [5, 5.41) is 26.1. The summed E-state index contributed by atoms with van der Waals surface area (Å²) in [6.45, 7) is 2.26. The Bertz CT molecular complexity index is 188. The van der Waals surface area contributed by atoms with Crippen LogP contribution < -0.4 is 0 Å². The van der Waals surface area contributed by atoms with Gasteiger partial charge in [-0.3, -0.25) is 0 Å². The van der Waals surface area contributed by atoms with Gasteiger partial charge in [0, 0.05) is 0 Å². The van der Waals surface area contributed by atoms with E-state index in [0.717, 1.165) is 13.8 Å². The molecular weight excluding hydrogens is 196 g/mol. The molecule has 0 aromatic heterocycles. The highest BCUT2D eigenvalue weighted by molar-refractivity contribution is 5.97. The van der Waals surface area contributed by atoms with Gasteiger partial charge in [0.15, 0.2) is 12.6 Å². The van der Waals surface area contributed by atoms with Crippen LogP contribution in [-0.4, -0.2) is 45.9 Å². The van der Waals surface area contributed by atoms with Gasteiger partial charge in [-0.2, -0.15) is 0 Å². The van der Waals surface area contributed by atoms with Crippen molar-refractivity contribution in [3.8, 4) is 0 Å². The molecule has 0 amide bonds. The number of aliphatic hydroxyl groups is 3. The molecule has 0 saturated carbocycles. The minimum Gasteiger partial charge on any atom is -0.434 e. The standard InChI is InChI=1S/C7H12O7/c1-3(8)13-6(11)5(10)7(12)14-4(2)9/h3-5,8-10H,1-2H3. The van der Waals surface area contributed by atoms with E-state index in [1.807, 2.05) is 0 Å². The molecule has 0 aliphatic rings. The highest BCUT2D eigenvalue weighted by Crippen LogP contribution is 1.97. The molecule has 0 aromatic carbocycles. The molecule has 7 heteroatoms. The van der Waals surface area contributed by atoms with E-state index in [-0.39, 0.29) is 0 Å². The van der Waals surface area contributed by atoms with E-state index >= 15 is 0 Å². The number of esters is 2. The first-order valence-corrected chi connectivity index (χ1v) is 3.79. The zero-order chi connectivity index (χ0) is 11.3. The van der Waals surface area contributed by atoms with Crippen molar-refractivity contribution in [1.29, 1.82) is 0 Å². The normalized spacial score (nSPS) is 16.6. The van der Waals surface area contributed by atoms with E-state index in [1.54, 1.807) is 0 Å². The van der Waals surface area contributed by atoms with Gasteiger partial charge in [-0.05, 0) is 13.8 Å². The fourth-order valence-corrected chi connectivity index (χ4v) is 0.561. The van der Waals surface area contributed by atoms with Crippen LogP contribution in [0.1, 0.15) is 13.8 Å². The number of hydrogen-bond acceptors (Lipinski definition) is 7. The molecule has 0 rings (SSSR count). The monoisotopic (exact) mass is 208 g/mol. The number of carbonyl (C=O) groups excluding carboxylic acids is 2. The Morgan fingerprint density at radius 3 is 1.43 bits per heavy atom. The maximum atomic E-state index is 10.8. The lowest BCUT2D eigenvalue weighted by atomic mass is 10.4. The molecule has 2 atom stereocenters. The summed E-state index contributed by atoms with van der Waals surface area (Å²) >= 11 is 0. The summed E-state index contributed by atoms with van der Waals surface area (Å²) in [5.41, 5.74) is 0. The van der Waals surface area contributed by atoms with Crippen molar-refractivity contribution in [3.63, 3.8) is 0 Å². The zero-order valence-electron chi connectivity index (χ0n) is 7.71. The maximum absolute atomic E-state index is 10.8. The first kappa shape index (κ1) is 12.8. The van der Waals surface area contributed by atoms with Gasteiger partial charge in [0.2, 0.25) is 6.10 Å². The first-order valence-electron chi connectivity index (χ1n) is 3.79. The van der Waals surface area contributed by atoms with E-state index in [4.69, 9.17) is 15.3 Å². The second kappa shape index (κ2) is 5.53. The summed E-state index contributed by atoms with van der Waals surface area (Å²) in [6, 6.07) is 0. The van der Waals surface area contributed by atoms with E-state index < -0.39 is 30.6 Å². The Morgan fingerprint density at radius 2 is 1.21 bits per heavy atom. The fourth-order valence-electron chi connectivity index (χ4n) is 0.561. The Hall–Kier alpha value is -1.18. The second-order valence-corrected chi connectivity index (χ2v) is 2.47. The predicted octanol–water partition coefficient (Wildman–Crippen LogP) is -1.89. The van der Waals surface area contributed by atoms with Crippen LogP contribution in [0.2, 0.25) is 0 Å². The molecule has 3 N–H and O–H groups in total. The SMILES string of the molecule is CC(O)OC(=O)C(O)C(=O)OC(C)O. The van der Waals surface area contributed by atoms with Crippen molar-refractivity contribution in [3.05, 3.63) is 0 Å². The number of hydrogen-bond donors (Lipinski definition) is 3. The minimum atomic E-state index is -2.17. The quantitative estimate of drug-likeness (QED) is 0.281. The Labute approximate surface area is 79.9 Å². The molecule has 2 unspecified atom stereocenters. The summed E-state index contributed by atoms with van der Waals surface area (Å²) < 4.78 is 8.20. The molecular formula is C7H12O7. The molecule has 0 saturated heterocycles. The van der Waals surface area contributed by atoms with Gasteiger partial charge < -0.3 is 24.8 Å². The number of aliphatic hydroxyl groups excluding tert-OH is 3. The third kappa shape index (κ3) is 4.75. The van der Waals surface area contributed by atoms with E-state index in [2.05, 4.69) is 9.47 Å². The van der Waals surface area contributed by atoms with Gasteiger partial charge in [-0.15, -0.1) is 0 Å². The van der Waals surface area contributed by atoms with Crippen LogP contribution in [0.25, 0.3) is 0 Å². The lowest BCUT2D eigenvalue weighted by molar-refractivity contribution is -0.190. The molecule has 0 aliphatic carbocycles. The van der Waals surface area contributed by atoms with Gasteiger partial charge in [0.1, 0.15) is 0 Å². The van der Waals surface area contributed by atoms with Gasteiger partial charge in [0.05, 0.1) is 0 Å². The summed E-state index contributed by atoms with van der Waals surface area (Å²) in [6.07, 6.45) is -5.04. The smallest absolute Gasteiger partial charge is 0.349 e. The van der Waals surface area contributed by atoms with Gasteiger partial charge in [-0.1, -0.05) is 0 Å². The van der Waals surface area contributed by atoms with Crippen molar-refractivity contribution >= 4 is 11.9 Å². The van der Waals surface area contributed by atoms with E-state index in [9.17, 15) is 9.59 Å². The second-order valence-electron chi connectivity index (χ2n) is 2.47. The molecule has 0 fully saturated rings. The zero-order valence-corrected chi connectivity index (χ0v) is 7.71. The highest BCUT2D eigenvalue weighted by atomic mass is 16.7. The van der Waals surface area contributed by atoms with Crippen molar-refractivity contribution < 1.29 is 34.4 Å². The average Bonchev–Trinajstić information content (AvgIpc) is 2.00. The van der Waals surface area contributed by atoms with Crippen LogP contribution in [0.15, 0.2) is 0 Å². The number of rotatable bonds is 4. The Kier molecular flexibility index (Phi) is 5.06. The van der Waals surface area contributed by atoms with Gasteiger partial charge >= 0.3 is 11.9 Å². The molecule has 82 valence electrons. The summed E-state index contributed by atoms with van der Waals surface area (Å²) in [4.78, 5) is 21.5. The molecule has 0 spiro atoms. The van der Waals surface area contributed by atoms with Crippen LogP contribution in [-0.2, 0) is 19.1 Å². The number of carbonyl (C=O) groups is 2. The third-order valence-electron chi connectivity index (χ3n) is 1.02. The molecule has 0 heterocycles. The first-order chi connectivity index (χ1) is 6.34. The summed E-state index contributed by atoms with van der Waals surface area (Å²) in [5.74, 6) is -2.68. The predicted molar refractivity (Wildman–Crippen MR) is 41.6 cm³/mol. The van der Waals surface area contributed by atoms with Crippen LogP contribution in [0, 0.1) is 0 Å². The molecule has 0 aliphatic heterocycles. The van der Waals surface area contributed by atoms with Crippen LogP contribution in [0.3, 0.4) is 0 Å². The van der Waals surface area contributed by atoms with Crippen molar-refractivity contribution in [1.82, 2.24) is 0 Å². The summed E-state index contributed by atoms with van der Waals surface area (Å²) in [7, 11) is 0. The van der Waals surface area contributed by atoms with Crippen molar-refractivity contribution in [2.75, 3.05) is 0 Å². The lowest BCUT2D eigenvalue weighted by Crippen LogP contribution is -2.36. The largest absolute Gasteiger partial charge is 0.434 e. The van der Waals surface area contributed by atoms with Crippen LogP contribution in [0.4, 0.5) is 0 Å². The third-order valence-corrected chi connectivity index (χ3v) is 1.02. The van der Waals surface area contributed by atoms with E-state index in [0.29, 0.717) is 0 Å². The van der Waals surface area contributed by atoms with E-state index in [1.165, 1.54) is 0 Å². The van der Waals surface area contributed by atoms with Crippen LogP contribution in [0.5, 0.6) is 0 Å². The van der Waals surface area contributed by atoms with Crippen molar-refractivity contribution in [2.45, 2.75) is 32.5 Å². The molecule has 7 nitrogen and oxygen atoms in total. The molecule has 0 radical (unpaired) electrons.